The van der Waals surface area contributed by atoms with Crippen molar-refractivity contribution in [2.24, 2.45) is 4.99 Å². The van der Waals surface area contributed by atoms with Crippen LogP contribution in [0.2, 0.25) is 5.02 Å². The Labute approximate surface area is 231 Å². The van der Waals surface area contributed by atoms with Gasteiger partial charge in [0.1, 0.15) is 24.2 Å². The Morgan fingerprint density at radius 2 is 1.87 bits per heavy atom. The Kier molecular flexibility index (Phi) is 7.48. The number of nitriles is 1. The van der Waals surface area contributed by atoms with E-state index in [0.717, 1.165) is 11.1 Å². The number of halogens is 1. The van der Waals surface area contributed by atoms with Crippen molar-refractivity contribution < 1.29 is 14.3 Å². The van der Waals surface area contributed by atoms with E-state index in [2.05, 4.69) is 16.4 Å². The lowest BCUT2D eigenvalue weighted by Gasteiger charge is -2.35. The highest BCUT2D eigenvalue weighted by Gasteiger charge is 2.45. The number of carbonyl (C=O) groups is 2. The van der Waals surface area contributed by atoms with Crippen LogP contribution in [0.25, 0.3) is 0 Å². The summed E-state index contributed by atoms with van der Waals surface area (Å²) in [5.41, 5.74) is 2.70. The SMILES string of the molecule is CC(C)Oc1cc(C#N)ccc1C1=NC(c2ccc(Cl)cc2)C(c2ccncc2)N1C(=O)N1CCNC(=O)C1. The van der Waals surface area contributed by atoms with Crippen molar-refractivity contribution >= 4 is 29.4 Å². The zero-order valence-corrected chi connectivity index (χ0v) is 22.3. The summed E-state index contributed by atoms with van der Waals surface area (Å²) in [6.07, 6.45) is 3.17. The van der Waals surface area contributed by atoms with Crippen LogP contribution >= 0.6 is 11.6 Å². The first-order valence-electron chi connectivity index (χ1n) is 12.6. The van der Waals surface area contributed by atoms with Crippen LogP contribution in [0.1, 0.15) is 48.2 Å². The summed E-state index contributed by atoms with van der Waals surface area (Å²) in [4.78, 5) is 39.0. The van der Waals surface area contributed by atoms with E-state index in [1.54, 1.807) is 47.6 Å². The van der Waals surface area contributed by atoms with Crippen molar-refractivity contribution in [2.75, 3.05) is 19.6 Å². The first kappa shape index (κ1) is 26.2. The van der Waals surface area contributed by atoms with Crippen molar-refractivity contribution in [1.29, 1.82) is 5.26 Å². The van der Waals surface area contributed by atoms with Crippen LogP contribution in [-0.2, 0) is 4.79 Å². The number of amidine groups is 1. The minimum atomic E-state index is -0.538. The summed E-state index contributed by atoms with van der Waals surface area (Å²) in [7, 11) is 0. The molecule has 3 heterocycles. The number of hydrogen-bond acceptors (Lipinski definition) is 6. The molecule has 0 aliphatic carbocycles. The molecule has 1 N–H and O–H groups in total. The van der Waals surface area contributed by atoms with Gasteiger partial charge in [-0.15, -0.1) is 0 Å². The summed E-state index contributed by atoms with van der Waals surface area (Å²) in [5, 5.41) is 12.9. The number of urea groups is 1. The highest BCUT2D eigenvalue weighted by molar-refractivity contribution is 6.30. The summed E-state index contributed by atoms with van der Waals surface area (Å²) < 4.78 is 6.11. The minimum absolute atomic E-state index is 0.0555. The molecule has 1 saturated heterocycles. The molecular formula is C29H27ClN6O3. The molecule has 2 aromatic carbocycles. The van der Waals surface area contributed by atoms with Gasteiger partial charge in [0, 0.05) is 30.5 Å². The molecule has 3 amide bonds. The second kappa shape index (κ2) is 11.1. The van der Waals surface area contributed by atoms with Gasteiger partial charge in [0.25, 0.3) is 0 Å². The van der Waals surface area contributed by atoms with E-state index in [-0.39, 0.29) is 24.6 Å². The van der Waals surface area contributed by atoms with Gasteiger partial charge >= 0.3 is 6.03 Å². The van der Waals surface area contributed by atoms with Crippen molar-refractivity contribution in [1.82, 2.24) is 20.1 Å². The Morgan fingerprint density at radius 1 is 1.13 bits per heavy atom. The summed E-state index contributed by atoms with van der Waals surface area (Å²) in [6, 6.07) is 17.0. The number of ether oxygens (including phenoxy) is 1. The Morgan fingerprint density at radius 3 is 2.54 bits per heavy atom. The number of nitrogens with one attached hydrogen (secondary N) is 1. The van der Waals surface area contributed by atoms with Crippen LogP contribution in [0.4, 0.5) is 4.79 Å². The molecule has 2 aliphatic heterocycles. The normalized spacial score (nSPS) is 18.9. The molecule has 39 heavy (non-hydrogen) atoms. The minimum Gasteiger partial charge on any atom is -0.490 e. The third kappa shape index (κ3) is 5.42. The number of aliphatic imine (C=N–C) groups is 1. The molecule has 0 spiro atoms. The Hall–Kier alpha value is -4.42. The van der Waals surface area contributed by atoms with Crippen molar-refractivity contribution in [3.05, 3.63) is 94.3 Å². The van der Waals surface area contributed by atoms with Gasteiger partial charge in [-0.2, -0.15) is 5.26 Å². The fraction of sp³-hybridized carbons (Fsp3) is 0.276. The van der Waals surface area contributed by atoms with Crippen molar-refractivity contribution in [2.45, 2.75) is 32.0 Å². The van der Waals surface area contributed by atoms with Gasteiger partial charge in [-0.1, -0.05) is 23.7 Å². The van der Waals surface area contributed by atoms with E-state index in [4.69, 9.17) is 21.3 Å². The van der Waals surface area contributed by atoms with Gasteiger partial charge < -0.3 is 15.0 Å². The quantitative estimate of drug-likeness (QED) is 0.510. The van der Waals surface area contributed by atoms with Crippen LogP contribution in [-0.4, -0.2) is 58.3 Å². The topological polar surface area (TPSA) is 111 Å². The van der Waals surface area contributed by atoms with Crippen LogP contribution in [0.5, 0.6) is 5.75 Å². The second-order valence-corrected chi connectivity index (χ2v) is 10.0. The average molecular weight is 543 g/mol. The lowest BCUT2D eigenvalue weighted by Crippen LogP contribution is -2.55. The Bertz CT molecular complexity index is 1450. The standard InChI is InChI=1S/C29H27ClN6O3/c1-18(2)39-24-15-19(16-31)3-8-23(24)28-34-26(20-4-6-22(30)7-5-20)27(21-9-11-32-12-10-21)36(28)29(38)35-14-13-33-25(37)17-35/h3-12,15,18,26-27H,13-14,17H2,1-2H3,(H,33,37). The number of aromatic nitrogens is 1. The van der Waals surface area contributed by atoms with E-state index in [1.807, 2.05) is 38.1 Å². The summed E-state index contributed by atoms with van der Waals surface area (Å²) >= 11 is 6.19. The van der Waals surface area contributed by atoms with Gasteiger partial charge in [-0.3, -0.25) is 19.7 Å². The molecule has 9 nitrogen and oxygen atoms in total. The number of nitrogens with zero attached hydrogens (tertiary/aromatic N) is 5. The molecular weight excluding hydrogens is 516 g/mol. The number of piperazine rings is 1. The molecule has 10 heteroatoms. The largest absolute Gasteiger partial charge is 0.490 e. The average Bonchev–Trinajstić information content (AvgIpc) is 3.33. The summed E-state index contributed by atoms with van der Waals surface area (Å²) in [5.74, 6) is 0.624. The molecule has 0 radical (unpaired) electrons. The van der Waals surface area contributed by atoms with Gasteiger partial charge in [-0.05, 0) is 67.4 Å². The maximum atomic E-state index is 14.3. The van der Waals surface area contributed by atoms with Gasteiger partial charge in [0.15, 0.2) is 0 Å². The zero-order valence-electron chi connectivity index (χ0n) is 21.5. The lowest BCUT2D eigenvalue weighted by atomic mass is 9.94. The van der Waals surface area contributed by atoms with Crippen molar-refractivity contribution in [3.8, 4) is 11.8 Å². The molecule has 1 fully saturated rings. The van der Waals surface area contributed by atoms with Crippen LogP contribution in [0, 0.1) is 11.3 Å². The molecule has 3 aromatic rings. The van der Waals surface area contributed by atoms with Gasteiger partial charge in [0.2, 0.25) is 5.91 Å². The molecule has 198 valence electrons. The fourth-order valence-electron chi connectivity index (χ4n) is 4.84. The number of pyridine rings is 1. The highest BCUT2D eigenvalue weighted by Crippen LogP contribution is 2.45. The molecule has 5 rings (SSSR count). The maximum Gasteiger partial charge on any atom is 0.326 e. The van der Waals surface area contributed by atoms with E-state index in [0.29, 0.717) is 40.8 Å². The number of hydrogen-bond donors (Lipinski definition) is 1. The summed E-state index contributed by atoms with van der Waals surface area (Å²) in [6.45, 7) is 4.46. The Balaban J connectivity index is 1.71. The van der Waals surface area contributed by atoms with Gasteiger partial charge in [0.05, 0.1) is 29.3 Å². The predicted molar refractivity (Wildman–Crippen MR) is 146 cm³/mol. The number of amides is 3. The molecule has 0 saturated carbocycles. The predicted octanol–water partition coefficient (Wildman–Crippen LogP) is 4.49. The van der Waals surface area contributed by atoms with Gasteiger partial charge in [-0.25, -0.2) is 4.79 Å². The number of benzene rings is 2. The molecule has 2 aliphatic rings. The number of rotatable bonds is 5. The molecule has 1 aromatic heterocycles. The number of carbonyl (C=O) groups excluding carboxylic acids is 2. The van der Waals surface area contributed by atoms with Crippen molar-refractivity contribution in [3.63, 3.8) is 0 Å². The molecule has 2 unspecified atom stereocenters. The van der Waals surface area contributed by atoms with Crippen LogP contribution in [0.3, 0.4) is 0 Å². The molecule has 0 bridgehead atoms. The monoisotopic (exact) mass is 542 g/mol. The third-order valence-corrected chi connectivity index (χ3v) is 6.81. The van der Waals surface area contributed by atoms with E-state index in [9.17, 15) is 14.9 Å². The molecule has 2 atom stereocenters. The first-order valence-corrected chi connectivity index (χ1v) is 13.0. The highest BCUT2D eigenvalue weighted by atomic mass is 35.5. The van der Waals surface area contributed by atoms with Crippen LogP contribution in [0.15, 0.2) is 72.0 Å². The smallest absolute Gasteiger partial charge is 0.326 e. The van der Waals surface area contributed by atoms with E-state index in [1.165, 1.54) is 4.90 Å². The second-order valence-electron chi connectivity index (χ2n) is 9.59. The third-order valence-electron chi connectivity index (χ3n) is 6.56. The van der Waals surface area contributed by atoms with E-state index >= 15 is 0 Å². The van der Waals surface area contributed by atoms with E-state index < -0.39 is 12.1 Å². The zero-order chi connectivity index (χ0) is 27.5. The maximum absolute atomic E-state index is 14.3. The lowest BCUT2D eigenvalue weighted by molar-refractivity contribution is -0.123. The first-order chi connectivity index (χ1) is 18.9. The fourth-order valence-corrected chi connectivity index (χ4v) is 4.96. The van der Waals surface area contributed by atoms with Crippen LogP contribution < -0.4 is 10.1 Å².